The maximum atomic E-state index is 13.1. The van der Waals surface area contributed by atoms with E-state index in [1.807, 2.05) is 6.92 Å². The van der Waals surface area contributed by atoms with Crippen LogP contribution in [0, 0.1) is 5.92 Å². The van der Waals surface area contributed by atoms with Crippen LogP contribution in [0.5, 0.6) is 0 Å². The molecule has 1 fully saturated rings. The van der Waals surface area contributed by atoms with Crippen LogP contribution >= 0.6 is 15.9 Å². The van der Waals surface area contributed by atoms with Crippen LogP contribution < -0.4 is 0 Å². The molecule has 1 aromatic carbocycles. The lowest BCUT2D eigenvalue weighted by Gasteiger charge is -2.33. The molecule has 0 bridgehead atoms. The number of carbonyl (C=O) groups is 1. The standard InChI is InChI=1S/C15H17BrF3NO/c1-2-10-4-3-7-20(9-10)14(21)12-6-5-11(16)8-13(12)15(17,18)19/h5-6,8,10H,2-4,7,9H2,1H3. The number of rotatable bonds is 2. The van der Waals surface area contributed by atoms with Gasteiger partial charge in [-0.2, -0.15) is 13.2 Å². The highest BCUT2D eigenvalue weighted by Gasteiger charge is 2.37. The molecule has 1 heterocycles. The Labute approximate surface area is 130 Å². The number of amides is 1. The van der Waals surface area contributed by atoms with Crippen LogP contribution in [0.1, 0.15) is 42.1 Å². The zero-order valence-corrected chi connectivity index (χ0v) is 13.3. The molecule has 0 N–H and O–H groups in total. The van der Waals surface area contributed by atoms with Crippen molar-refractivity contribution in [2.75, 3.05) is 13.1 Å². The summed E-state index contributed by atoms with van der Waals surface area (Å²) in [6, 6.07) is 3.70. The van der Waals surface area contributed by atoms with Gasteiger partial charge < -0.3 is 4.90 Å². The van der Waals surface area contributed by atoms with Crippen molar-refractivity contribution in [3.8, 4) is 0 Å². The Morgan fingerprint density at radius 1 is 1.43 bits per heavy atom. The highest BCUT2D eigenvalue weighted by Crippen LogP contribution is 2.35. The van der Waals surface area contributed by atoms with Gasteiger partial charge >= 0.3 is 6.18 Å². The van der Waals surface area contributed by atoms with Gasteiger partial charge in [0.15, 0.2) is 0 Å². The van der Waals surface area contributed by atoms with E-state index in [9.17, 15) is 18.0 Å². The molecule has 2 nitrogen and oxygen atoms in total. The van der Waals surface area contributed by atoms with Gasteiger partial charge in [-0.15, -0.1) is 0 Å². The molecule has 0 spiro atoms. The zero-order valence-electron chi connectivity index (χ0n) is 11.7. The third kappa shape index (κ3) is 3.78. The number of hydrogen-bond donors (Lipinski definition) is 0. The minimum absolute atomic E-state index is 0.262. The van der Waals surface area contributed by atoms with E-state index in [2.05, 4.69) is 15.9 Å². The van der Waals surface area contributed by atoms with E-state index in [4.69, 9.17) is 0 Å². The number of nitrogens with zero attached hydrogens (tertiary/aromatic N) is 1. The van der Waals surface area contributed by atoms with E-state index in [1.54, 1.807) is 4.90 Å². The predicted molar refractivity (Wildman–Crippen MR) is 78.1 cm³/mol. The van der Waals surface area contributed by atoms with E-state index in [0.717, 1.165) is 25.3 Å². The van der Waals surface area contributed by atoms with Gasteiger partial charge in [0.05, 0.1) is 11.1 Å². The summed E-state index contributed by atoms with van der Waals surface area (Å²) in [6.07, 6.45) is -1.71. The monoisotopic (exact) mass is 363 g/mol. The van der Waals surface area contributed by atoms with Crippen LogP contribution in [0.25, 0.3) is 0 Å². The summed E-state index contributed by atoms with van der Waals surface area (Å²) >= 11 is 3.03. The molecule has 6 heteroatoms. The molecular weight excluding hydrogens is 347 g/mol. The maximum absolute atomic E-state index is 13.1. The molecule has 0 saturated carbocycles. The van der Waals surface area contributed by atoms with Crippen LogP contribution in [0.15, 0.2) is 22.7 Å². The van der Waals surface area contributed by atoms with Crippen molar-refractivity contribution in [2.45, 2.75) is 32.4 Å². The molecule has 0 radical (unpaired) electrons. The Hall–Kier alpha value is -1.04. The van der Waals surface area contributed by atoms with Gasteiger partial charge in [-0.05, 0) is 37.0 Å². The van der Waals surface area contributed by atoms with Crippen LogP contribution in [0.2, 0.25) is 0 Å². The Balaban J connectivity index is 2.31. The van der Waals surface area contributed by atoms with Crippen LogP contribution in [-0.2, 0) is 6.18 Å². The molecule has 1 aliphatic heterocycles. The van der Waals surface area contributed by atoms with Gasteiger partial charge in [-0.25, -0.2) is 0 Å². The smallest absolute Gasteiger partial charge is 0.338 e. The molecule has 1 aliphatic rings. The van der Waals surface area contributed by atoms with E-state index in [1.165, 1.54) is 12.1 Å². The second-order valence-electron chi connectivity index (χ2n) is 5.36. The summed E-state index contributed by atoms with van der Waals surface area (Å²) in [5.74, 6) is -0.138. The topological polar surface area (TPSA) is 20.3 Å². The van der Waals surface area contributed by atoms with Crippen molar-refractivity contribution in [1.82, 2.24) is 4.90 Å². The maximum Gasteiger partial charge on any atom is 0.417 e. The van der Waals surface area contributed by atoms with Crippen molar-refractivity contribution in [1.29, 1.82) is 0 Å². The molecule has 1 saturated heterocycles. The van der Waals surface area contributed by atoms with Crippen LogP contribution in [0.3, 0.4) is 0 Å². The second kappa shape index (κ2) is 6.38. The van der Waals surface area contributed by atoms with Crippen LogP contribution in [0.4, 0.5) is 13.2 Å². The normalized spacial score (nSPS) is 19.7. The molecule has 0 aromatic heterocycles. The predicted octanol–water partition coefficient (Wildman–Crippen LogP) is 4.73. The quantitative estimate of drug-likeness (QED) is 0.743. The Morgan fingerprint density at radius 3 is 2.76 bits per heavy atom. The summed E-state index contributed by atoms with van der Waals surface area (Å²) in [4.78, 5) is 14.0. The average molecular weight is 364 g/mol. The fraction of sp³-hybridized carbons (Fsp3) is 0.533. The van der Waals surface area contributed by atoms with Crippen molar-refractivity contribution in [3.63, 3.8) is 0 Å². The minimum Gasteiger partial charge on any atom is -0.338 e. The van der Waals surface area contributed by atoms with Gasteiger partial charge in [-0.1, -0.05) is 29.3 Å². The molecule has 1 unspecified atom stereocenters. The first-order valence-corrected chi connectivity index (χ1v) is 7.78. The lowest BCUT2D eigenvalue weighted by molar-refractivity contribution is -0.138. The summed E-state index contributed by atoms with van der Waals surface area (Å²) in [6.45, 7) is 3.12. The van der Waals surface area contributed by atoms with Crippen molar-refractivity contribution < 1.29 is 18.0 Å². The second-order valence-corrected chi connectivity index (χ2v) is 6.27. The number of benzene rings is 1. The molecule has 116 valence electrons. The van der Waals surface area contributed by atoms with E-state index < -0.39 is 17.6 Å². The minimum atomic E-state index is -4.53. The lowest BCUT2D eigenvalue weighted by Crippen LogP contribution is -2.40. The number of likely N-dealkylation sites (tertiary alicyclic amines) is 1. The van der Waals surface area contributed by atoms with Crippen LogP contribution in [-0.4, -0.2) is 23.9 Å². The first-order chi connectivity index (χ1) is 9.82. The van der Waals surface area contributed by atoms with Gasteiger partial charge in [-0.3, -0.25) is 4.79 Å². The van der Waals surface area contributed by atoms with Gasteiger partial charge in [0.2, 0.25) is 0 Å². The largest absolute Gasteiger partial charge is 0.417 e. The number of carbonyl (C=O) groups excluding carboxylic acids is 1. The van der Waals surface area contributed by atoms with Crippen molar-refractivity contribution in [3.05, 3.63) is 33.8 Å². The lowest BCUT2D eigenvalue weighted by atomic mass is 9.94. The highest BCUT2D eigenvalue weighted by atomic mass is 79.9. The molecule has 0 aliphatic carbocycles. The summed E-state index contributed by atoms with van der Waals surface area (Å²) in [7, 11) is 0. The third-order valence-electron chi connectivity index (χ3n) is 3.90. The number of piperidine rings is 1. The first-order valence-electron chi connectivity index (χ1n) is 6.99. The number of halogens is 4. The highest BCUT2D eigenvalue weighted by molar-refractivity contribution is 9.10. The van der Waals surface area contributed by atoms with Gasteiger partial charge in [0.25, 0.3) is 5.91 Å². The third-order valence-corrected chi connectivity index (χ3v) is 4.39. The fourth-order valence-corrected chi connectivity index (χ4v) is 3.05. The average Bonchev–Trinajstić information content (AvgIpc) is 2.45. The fourth-order valence-electron chi connectivity index (χ4n) is 2.69. The Kier molecular flexibility index (Phi) is 4.96. The Bertz CT molecular complexity index is 530. The number of hydrogen-bond acceptors (Lipinski definition) is 1. The van der Waals surface area contributed by atoms with E-state index >= 15 is 0 Å². The number of alkyl halides is 3. The molecule has 1 atom stereocenters. The molecule has 1 amide bonds. The molecule has 1 aromatic rings. The molecular formula is C15H17BrF3NO. The molecule has 21 heavy (non-hydrogen) atoms. The summed E-state index contributed by atoms with van der Waals surface area (Å²) < 4.78 is 39.6. The van der Waals surface area contributed by atoms with Gasteiger partial charge in [0.1, 0.15) is 0 Å². The van der Waals surface area contributed by atoms with E-state index in [-0.39, 0.29) is 5.56 Å². The first kappa shape index (κ1) is 16.3. The zero-order chi connectivity index (χ0) is 15.6. The SMILES string of the molecule is CCC1CCCN(C(=O)c2ccc(Br)cc2C(F)(F)F)C1. The van der Waals surface area contributed by atoms with E-state index in [0.29, 0.717) is 23.5 Å². The molecule has 2 rings (SSSR count). The summed E-state index contributed by atoms with van der Waals surface area (Å²) in [5, 5.41) is 0. The Morgan fingerprint density at radius 2 is 2.14 bits per heavy atom. The summed E-state index contributed by atoms with van der Waals surface area (Å²) in [5.41, 5.74) is -1.14. The van der Waals surface area contributed by atoms with Gasteiger partial charge in [0, 0.05) is 17.6 Å². The van der Waals surface area contributed by atoms with Crippen molar-refractivity contribution in [2.24, 2.45) is 5.92 Å². The van der Waals surface area contributed by atoms with Crippen molar-refractivity contribution >= 4 is 21.8 Å².